The number of aromatic nitrogens is 1. The lowest BCUT2D eigenvalue weighted by Gasteiger charge is -2.36. The number of hydrogen-bond acceptors (Lipinski definition) is 3. The molecule has 118 valence electrons. The topological polar surface area (TPSA) is 34.2 Å². The number of rotatable bonds is 7. The maximum absolute atomic E-state index is 6.19. The fourth-order valence-corrected chi connectivity index (χ4v) is 3.47. The normalized spacial score (nSPS) is 19.4. The summed E-state index contributed by atoms with van der Waals surface area (Å²) in [6.07, 6.45) is 8.95. The van der Waals surface area contributed by atoms with Gasteiger partial charge >= 0.3 is 0 Å². The van der Waals surface area contributed by atoms with E-state index in [1.54, 1.807) is 0 Å². The molecule has 1 N–H and O–H groups in total. The Kier molecular flexibility index (Phi) is 6.65. The molecule has 0 saturated heterocycles. The molecule has 0 bridgehead atoms. The maximum atomic E-state index is 6.19. The van der Waals surface area contributed by atoms with Crippen molar-refractivity contribution in [1.29, 1.82) is 0 Å². The van der Waals surface area contributed by atoms with E-state index < -0.39 is 0 Å². The quantitative estimate of drug-likeness (QED) is 0.823. The van der Waals surface area contributed by atoms with Crippen LogP contribution in [-0.2, 0) is 4.74 Å². The lowest BCUT2D eigenvalue weighted by Crippen LogP contribution is -2.39. The smallest absolute Gasteiger partial charge is 0.0798 e. The summed E-state index contributed by atoms with van der Waals surface area (Å²) in [6.45, 7) is 8.04. The molecule has 1 heterocycles. The van der Waals surface area contributed by atoms with E-state index in [2.05, 4.69) is 36.3 Å². The highest BCUT2D eigenvalue weighted by Gasteiger charge is 2.31. The van der Waals surface area contributed by atoms with Gasteiger partial charge in [0, 0.05) is 18.5 Å². The Morgan fingerprint density at radius 1 is 1.24 bits per heavy atom. The second kappa shape index (κ2) is 8.50. The van der Waals surface area contributed by atoms with E-state index in [4.69, 9.17) is 4.74 Å². The van der Waals surface area contributed by atoms with Gasteiger partial charge in [0.25, 0.3) is 0 Å². The number of likely N-dealkylation sites (N-methyl/N-ethyl adjacent to an activating group) is 1. The van der Waals surface area contributed by atoms with Crippen LogP contribution in [-0.4, -0.2) is 24.2 Å². The fourth-order valence-electron chi connectivity index (χ4n) is 3.47. The minimum absolute atomic E-state index is 0.256. The Hall–Kier alpha value is -0.930. The summed E-state index contributed by atoms with van der Waals surface area (Å²) in [4.78, 5) is 4.47. The first kappa shape index (κ1) is 16.4. The highest BCUT2D eigenvalue weighted by Crippen LogP contribution is 2.34. The highest BCUT2D eigenvalue weighted by molar-refractivity contribution is 5.19. The second-order valence-corrected chi connectivity index (χ2v) is 6.09. The first-order valence-corrected chi connectivity index (χ1v) is 8.53. The zero-order chi connectivity index (χ0) is 15.1. The van der Waals surface area contributed by atoms with Crippen molar-refractivity contribution in [3.05, 3.63) is 29.6 Å². The SMILES string of the molecule is CCNC(c1ccc(C)nc1)C(OCC)C1CCCCC1. The largest absolute Gasteiger partial charge is 0.376 e. The van der Waals surface area contributed by atoms with E-state index in [0.29, 0.717) is 5.92 Å². The van der Waals surface area contributed by atoms with E-state index in [0.717, 1.165) is 18.8 Å². The van der Waals surface area contributed by atoms with E-state index in [1.807, 2.05) is 13.1 Å². The van der Waals surface area contributed by atoms with E-state index in [9.17, 15) is 0 Å². The molecular weight excluding hydrogens is 260 g/mol. The van der Waals surface area contributed by atoms with Crippen LogP contribution in [0.5, 0.6) is 0 Å². The van der Waals surface area contributed by atoms with Crippen LogP contribution in [0.25, 0.3) is 0 Å². The van der Waals surface area contributed by atoms with Crippen molar-refractivity contribution in [3.8, 4) is 0 Å². The summed E-state index contributed by atoms with van der Waals surface area (Å²) in [7, 11) is 0. The van der Waals surface area contributed by atoms with Crippen LogP contribution < -0.4 is 5.32 Å². The Morgan fingerprint density at radius 2 is 2.00 bits per heavy atom. The standard InChI is InChI=1S/C18H30N2O/c1-4-19-17(16-12-11-14(3)20-13-16)18(21-5-2)15-9-7-6-8-10-15/h11-13,15,17-19H,4-10H2,1-3H3. The molecule has 3 heteroatoms. The molecule has 1 saturated carbocycles. The van der Waals surface area contributed by atoms with Crippen molar-refractivity contribution in [2.45, 2.75) is 65.0 Å². The molecule has 21 heavy (non-hydrogen) atoms. The van der Waals surface area contributed by atoms with Gasteiger partial charge in [-0.15, -0.1) is 0 Å². The van der Waals surface area contributed by atoms with Gasteiger partial charge in [0.05, 0.1) is 12.1 Å². The average Bonchev–Trinajstić information content (AvgIpc) is 2.53. The summed E-state index contributed by atoms with van der Waals surface area (Å²) in [5.41, 5.74) is 2.33. The van der Waals surface area contributed by atoms with E-state index in [-0.39, 0.29) is 12.1 Å². The van der Waals surface area contributed by atoms with E-state index in [1.165, 1.54) is 37.7 Å². The Balaban J connectivity index is 2.20. The van der Waals surface area contributed by atoms with Crippen molar-refractivity contribution in [1.82, 2.24) is 10.3 Å². The van der Waals surface area contributed by atoms with Crippen molar-refractivity contribution in [2.24, 2.45) is 5.92 Å². The summed E-state index contributed by atoms with van der Waals surface area (Å²) in [5, 5.41) is 3.64. The first-order valence-electron chi connectivity index (χ1n) is 8.53. The molecule has 1 aromatic rings. The summed E-state index contributed by atoms with van der Waals surface area (Å²) < 4.78 is 6.19. The van der Waals surface area contributed by atoms with Gasteiger partial charge in [-0.3, -0.25) is 4.98 Å². The van der Waals surface area contributed by atoms with Gasteiger partial charge in [-0.05, 0) is 50.8 Å². The Labute approximate surface area is 129 Å². The molecule has 0 radical (unpaired) electrons. The van der Waals surface area contributed by atoms with Gasteiger partial charge in [0.2, 0.25) is 0 Å². The summed E-state index contributed by atoms with van der Waals surface area (Å²) >= 11 is 0. The summed E-state index contributed by atoms with van der Waals surface area (Å²) in [6, 6.07) is 4.56. The van der Waals surface area contributed by atoms with Gasteiger partial charge in [-0.2, -0.15) is 0 Å². The van der Waals surface area contributed by atoms with Crippen LogP contribution in [0.3, 0.4) is 0 Å². The van der Waals surface area contributed by atoms with Gasteiger partial charge in [-0.25, -0.2) is 0 Å². The monoisotopic (exact) mass is 290 g/mol. The van der Waals surface area contributed by atoms with E-state index >= 15 is 0 Å². The molecule has 2 rings (SSSR count). The van der Waals surface area contributed by atoms with Crippen molar-refractivity contribution in [2.75, 3.05) is 13.2 Å². The number of ether oxygens (including phenoxy) is 1. The van der Waals surface area contributed by atoms with Gasteiger partial charge in [0.1, 0.15) is 0 Å². The molecule has 0 spiro atoms. The van der Waals surface area contributed by atoms with Crippen LogP contribution in [0.2, 0.25) is 0 Å². The first-order chi connectivity index (χ1) is 10.3. The van der Waals surface area contributed by atoms with Crippen LogP contribution in [0.1, 0.15) is 63.3 Å². The number of aryl methyl sites for hydroxylation is 1. The third-order valence-electron chi connectivity index (χ3n) is 4.52. The molecule has 1 aromatic heterocycles. The minimum atomic E-state index is 0.256. The van der Waals surface area contributed by atoms with Crippen LogP contribution in [0.15, 0.2) is 18.3 Å². The second-order valence-electron chi connectivity index (χ2n) is 6.09. The van der Waals surface area contributed by atoms with Gasteiger partial charge in [0.15, 0.2) is 0 Å². The average molecular weight is 290 g/mol. The van der Waals surface area contributed by atoms with Gasteiger partial charge in [-0.1, -0.05) is 32.3 Å². The lowest BCUT2D eigenvalue weighted by molar-refractivity contribution is -0.0181. The molecule has 0 amide bonds. The molecule has 0 aromatic carbocycles. The Morgan fingerprint density at radius 3 is 2.57 bits per heavy atom. The summed E-state index contributed by atoms with van der Waals surface area (Å²) in [5.74, 6) is 0.670. The molecule has 1 aliphatic carbocycles. The number of hydrogen-bond donors (Lipinski definition) is 1. The van der Waals surface area contributed by atoms with Crippen LogP contribution >= 0.6 is 0 Å². The number of nitrogens with one attached hydrogen (secondary N) is 1. The van der Waals surface area contributed by atoms with Gasteiger partial charge < -0.3 is 10.1 Å². The third-order valence-corrected chi connectivity index (χ3v) is 4.52. The predicted octanol–water partition coefficient (Wildman–Crippen LogP) is 4.03. The molecule has 2 atom stereocenters. The molecule has 1 aliphatic rings. The maximum Gasteiger partial charge on any atom is 0.0798 e. The highest BCUT2D eigenvalue weighted by atomic mass is 16.5. The zero-order valence-electron chi connectivity index (χ0n) is 13.8. The number of pyridine rings is 1. The molecule has 3 nitrogen and oxygen atoms in total. The van der Waals surface area contributed by atoms with Crippen LogP contribution in [0.4, 0.5) is 0 Å². The lowest BCUT2D eigenvalue weighted by atomic mass is 9.81. The molecule has 1 fully saturated rings. The fraction of sp³-hybridized carbons (Fsp3) is 0.722. The molecule has 2 unspecified atom stereocenters. The molecular formula is C18H30N2O. The minimum Gasteiger partial charge on any atom is -0.376 e. The van der Waals surface area contributed by atoms with Crippen molar-refractivity contribution < 1.29 is 4.74 Å². The molecule has 0 aliphatic heterocycles. The third kappa shape index (κ3) is 4.52. The van der Waals surface area contributed by atoms with Crippen molar-refractivity contribution >= 4 is 0 Å². The zero-order valence-corrected chi connectivity index (χ0v) is 13.8. The predicted molar refractivity (Wildman–Crippen MR) is 87.4 cm³/mol. The Bertz CT molecular complexity index is 398. The van der Waals surface area contributed by atoms with Crippen molar-refractivity contribution in [3.63, 3.8) is 0 Å². The number of nitrogens with zero attached hydrogens (tertiary/aromatic N) is 1. The van der Waals surface area contributed by atoms with Crippen LogP contribution in [0, 0.1) is 12.8 Å².